The number of nitrogens with one attached hydrogen (secondary N) is 1. The van der Waals surface area contributed by atoms with Crippen LogP contribution in [0.25, 0.3) is 0 Å². The molecule has 64 valence electrons. The van der Waals surface area contributed by atoms with E-state index in [-0.39, 0.29) is 11.8 Å². The smallest absolute Gasteiger partial charge is 0.222 e. The van der Waals surface area contributed by atoms with Crippen LogP contribution in [0.2, 0.25) is 0 Å². The second-order valence-corrected chi connectivity index (χ2v) is 2.63. The third-order valence-corrected chi connectivity index (χ3v) is 1.92. The molecule has 0 amide bonds. The number of carbonyl (C=O) groups excluding carboxylic acids is 1. The Kier molecular flexibility index (Phi) is 1.62. The van der Waals surface area contributed by atoms with Crippen molar-refractivity contribution in [3.63, 3.8) is 0 Å². The third-order valence-electron chi connectivity index (χ3n) is 1.92. The van der Waals surface area contributed by atoms with Gasteiger partial charge in [0, 0.05) is 6.07 Å². The fraction of sp³-hybridized carbons (Fsp3) is 0.375. The predicted octanol–water partition coefficient (Wildman–Crippen LogP) is 0.443. The molecule has 0 aliphatic carbocycles. The van der Waals surface area contributed by atoms with E-state index >= 15 is 0 Å². The highest BCUT2D eigenvalue weighted by molar-refractivity contribution is 6.00. The van der Waals surface area contributed by atoms with Crippen LogP contribution < -0.4 is 10.1 Å². The second kappa shape index (κ2) is 2.64. The first-order valence-corrected chi connectivity index (χ1v) is 3.74. The van der Waals surface area contributed by atoms with E-state index in [4.69, 9.17) is 9.15 Å². The van der Waals surface area contributed by atoms with Crippen molar-refractivity contribution in [3.8, 4) is 5.75 Å². The van der Waals surface area contributed by atoms with Gasteiger partial charge in [-0.1, -0.05) is 0 Å². The Morgan fingerprint density at radius 1 is 1.67 bits per heavy atom. The number of hydrogen-bond acceptors (Lipinski definition) is 4. The van der Waals surface area contributed by atoms with E-state index in [0.29, 0.717) is 18.1 Å². The Morgan fingerprint density at radius 3 is 3.25 bits per heavy atom. The molecule has 0 fully saturated rings. The molecule has 1 aliphatic rings. The fourth-order valence-electron chi connectivity index (χ4n) is 1.21. The summed E-state index contributed by atoms with van der Waals surface area (Å²) in [5.41, 5.74) is 0. The molecule has 4 nitrogen and oxygen atoms in total. The molecule has 0 aromatic carbocycles. The maximum absolute atomic E-state index is 11.5. The topological polar surface area (TPSA) is 51.5 Å². The van der Waals surface area contributed by atoms with Gasteiger partial charge in [-0.15, -0.1) is 0 Å². The highest BCUT2D eigenvalue weighted by Crippen LogP contribution is 2.25. The Hall–Kier alpha value is -1.29. The standard InChI is InChI=1S/C8H9NO3/c1-9-5-4-12-6-2-3-11-8(6)7(5)10/h2-3,5,9H,4H2,1H3. The average Bonchev–Trinajstić information content (AvgIpc) is 2.53. The van der Waals surface area contributed by atoms with Crippen molar-refractivity contribution in [1.29, 1.82) is 0 Å². The molecule has 2 rings (SSSR count). The van der Waals surface area contributed by atoms with Crippen LogP contribution in [0.1, 0.15) is 10.6 Å². The maximum Gasteiger partial charge on any atom is 0.222 e. The van der Waals surface area contributed by atoms with Crippen molar-refractivity contribution in [2.75, 3.05) is 13.7 Å². The molecule has 0 radical (unpaired) electrons. The van der Waals surface area contributed by atoms with Gasteiger partial charge in [-0.2, -0.15) is 0 Å². The Balaban J connectivity index is 2.35. The van der Waals surface area contributed by atoms with Crippen molar-refractivity contribution >= 4 is 5.78 Å². The summed E-state index contributed by atoms with van der Waals surface area (Å²) in [5.74, 6) is 0.829. The molecule has 0 bridgehead atoms. The predicted molar refractivity (Wildman–Crippen MR) is 41.4 cm³/mol. The summed E-state index contributed by atoms with van der Waals surface area (Å²) in [6.07, 6.45) is 1.46. The fourth-order valence-corrected chi connectivity index (χ4v) is 1.21. The van der Waals surface area contributed by atoms with Gasteiger partial charge in [0.1, 0.15) is 12.6 Å². The van der Waals surface area contributed by atoms with E-state index in [1.807, 2.05) is 0 Å². The molecule has 1 unspecified atom stereocenters. The van der Waals surface area contributed by atoms with Crippen LogP contribution >= 0.6 is 0 Å². The van der Waals surface area contributed by atoms with Gasteiger partial charge in [-0.3, -0.25) is 4.79 Å². The highest BCUT2D eigenvalue weighted by Gasteiger charge is 2.30. The Bertz CT molecular complexity index is 305. The molecule has 1 aromatic heterocycles. The minimum atomic E-state index is -0.274. The van der Waals surface area contributed by atoms with Gasteiger partial charge in [0.2, 0.25) is 11.5 Å². The van der Waals surface area contributed by atoms with Crippen LogP contribution in [0.3, 0.4) is 0 Å². The lowest BCUT2D eigenvalue weighted by Gasteiger charge is -2.19. The van der Waals surface area contributed by atoms with Gasteiger partial charge < -0.3 is 14.5 Å². The van der Waals surface area contributed by atoms with Gasteiger partial charge in [-0.05, 0) is 7.05 Å². The van der Waals surface area contributed by atoms with E-state index < -0.39 is 0 Å². The minimum Gasteiger partial charge on any atom is -0.487 e. The van der Waals surface area contributed by atoms with Gasteiger partial charge in [0.15, 0.2) is 5.75 Å². The monoisotopic (exact) mass is 167 g/mol. The first-order valence-electron chi connectivity index (χ1n) is 3.74. The second-order valence-electron chi connectivity index (χ2n) is 2.63. The molecule has 1 aliphatic heterocycles. The van der Waals surface area contributed by atoms with E-state index in [9.17, 15) is 4.79 Å². The molecular weight excluding hydrogens is 158 g/mol. The molecule has 0 saturated carbocycles. The number of furan rings is 1. The summed E-state index contributed by atoms with van der Waals surface area (Å²) in [6, 6.07) is 1.38. The number of carbonyl (C=O) groups is 1. The molecule has 1 atom stereocenters. The van der Waals surface area contributed by atoms with Gasteiger partial charge in [-0.25, -0.2) is 0 Å². The largest absolute Gasteiger partial charge is 0.487 e. The van der Waals surface area contributed by atoms with E-state index in [0.717, 1.165) is 0 Å². The van der Waals surface area contributed by atoms with E-state index in [2.05, 4.69) is 5.32 Å². The van der Waals surface area contributed by atoms with Crippen LogP contribution in [0.15, 0.2) is 16.7 Å². The molecular formula is C8H9NO3. The summed E-state index contributed by atoms with van der Waals surface area (Å²) in [4.78, 5) is 11.5. The molecule has 4 heteroatoms. The van der Waals surface area contributed by atoms with Crippen molar-refractivity contribution < 1.29 is 13.9 Å². The highest BCUT2D eigenvalue weighted by atomic mass is 16.5. The van der Waals surface area contributed by atoms with Crippen LogP contribution in [-0.4, -0.2) is 25.5 Å². The summed E-state index contributed by atoms with van der Waals surface area (Å²) >= 11 is 0. The third kappa shape index (κ3) is 0.921. The number of ether oxygens (including phenoxy) is 1. The van der Waals surface area contributed by atoms with Crippen LogP contribution in [-0.2, 0) is 0 Å². The van der Waals surface area contributed by atoms with Crippen LogP contribution in [0.4, 0.5) is 0 Å². The number of hydrogen-bond donors (Lipinski definition) is 1. The average molecular weight is 167 g/mol. The molecule has 2 heterocycles. The zero-order valence-electron chi connectivity index (χ0n) is 6.66. The van der Waals surface area contributed by atoms with Crippen LogP contribution in [0.5, 0.6) is 5.75 Å². The zero-order valence-corrected chi connectivity index (χ0v) is 6.66. The van der Waals surface area contributed by atoms with E-state index in [1.165, 1.54) is 6.26 Å². The number of fused-ring (bicyclic) bond motifs is 1. The van der Waals surface area contributed by atoms with Crippen molar-refractivity contribution in [1.82, 2.24) is 5.32 Å². The van der Waals surface area contributed by atoms with Crippen LogP contribution in [0, 0.1) is 0 Å². The quantitative estimate of drug-likeness (QED) is 0.659. The van der Waals surface area contributed by atoms with Crippen molar-refractivity contribution in [2.24, 2.45) is 0 Å². The number of ketones is 1. The molecule has 0 saturated heterocycles. The summed E-state index contributed by atoms with van der Waals surface area (Å²) in [5, 5.41) is 2.85. The minimum absolute atomic E-state index is 0.0382. The first kappa shape index (κ1) is 7.36. The zero-order chi connectivity index (χ0) is 8.55. The molecule has 0 spiro atoms. The normalized spacial score (nSPS) is 21.8. The summed E-state index contributed by atoms with van der Waals surface area (Å²) < 4.78 is 10.2. The lowest BCUT2D eigenvalue weighted by Crippen LogP contribution is -2.42. The Morgan fingerprint density at radius 2 is 2.50 bits per heavy atom. The first-order chi connectivity index (χ1) is 5.83. The molecule has 12 heavy (non-hydrogen) atoms. The maximum atomic E-state index is 11.5. The number of rotatable bonds is 1. The lowest BCUT2D eigenvalue weighted by atomic mass is 10.1. The lowest BCUT2D eigenvalue weighted by molar-refractivity contribution is 0.0841. The van der Waals surface area contributed by atoms with Crippen molar-refractivity contribution in [2.45, 2.75) is 6.04 Å². The van der Waals surface area contributed by atoms with Crippen molar-refractivity contribution in [3.05, 3.63) is 18.1 Å². The molecule has 1 N–H and O–H groups in total. The van der Waals surface area contributed by atoms with E-state index in [1.54, 1.807) is 13.1 Å². The van der Waals surface area contributed by atoms with Gasteiger partial charge >= 0.3 is 0 Å². The van der Waals surface area contributed by atoms with Gasteiger partial charge in [0.25, 0.3) is 0 Å². The summed E-state index contributed by atoms with van der Waals surface area (Å²) in [6.45, 7) is 0.377. The SMILES string of the molecule is CNC1COc2ccoc2C1=O. The summed E-state index contributed by atoms with van der Waals surface area (Å²) in [7, 11) is 1.72. The number of likely N-dealkylation sites (N-methyl/N-ethyl adjacent to an activating group) is 1. The Labute approximate surface area is 69.5 Å². The number of Topliss-reactive ketones (excluding diaryl/α,β-unsaturated/α-hetero) is 1. The molecule has 1 aromatic rings. The van der Waals surface area contributed by atoms with Gasteiger partial charge in [0.05, 0.1) is 6.26 Å².